The molecule has 20 heavy (non-hydrogen) atoms. The number of nitrogens with zero attached hydrogens (tertiary/aromatic N) is 1. The average molecular weight is 280 g/mol. The van der Waals surface area contributed by atoms with Gasteiger partial charge in [-0.25, -0.2) is 4.39 Å². The van der Waals surface area contributed by atoms with E-state index in [0.29, 0.717) is 18.0 Å². The summed E-state index contributed by atoms with van der Waals surface area (Å²) in [7, 11) is 2.18. The summed E-state index contributed by atoms with van der Waals surface area (Å²) < 4.78 is 13.0. The average Bonchev–Trinajstić information content (AvgIpc) is 2.43. The third kappa shape index (κ3) is 5.22. The van der Waals surface area contributed by atoms with Crippen LogP contribution in [-0.2, 0) is 0 Å². The third-order valence-electron chi connectivity index (χ3n) is 4.15. The molecule has 0 fully saturated rings. The summed E-state index contributed by atoms with van der Waals surface area (Å²) in [6, 6.07) is 7.72. The smallest absolute Gasteiger partial charge is 0.123 e. The monoisotopic (exact) mass is 280 g/mol. The summed E-state index contributed by atoms with van der Waals surface area (Å²) >= 11 is 0. The van der Waals surface area contributed by atoms with E-state index in [1.165, 1.54) is 5.56 Å². The molecule has 0 saturated heterocycles. The van der Waals surface area contributed by atoms with Crippen LogP contribution in [0, 0.1) is 11.7 Å². The van der Waals surface area contributed by atoms with Gasteiger partial charge in [0, 0.05) is 12.1 Å². The molecule has 2 nitrogen and oxygen atoms in total. The highest BCUT2D eigenvalue weighted by Crippen LogP contribution is 2.19. The number of halogens is 1. The lowest BCUT2D eigenvalue weighted by atomic mass is 10.0. The number of hydrogen-bond donors (Lipinski definition) is 1. The van der Waals surface area contributed by atoms with Crippen LogP contribution in [0.5, 0.6) is 0 Å². The Balaban J connectivity index is 2.61. The lowest BCUT2D eigenvalue weighted by molar-refractivity contribution is 0.198. The van der Waals surface area contributed by atoms with Crippen LogP contribution in [0.25, 0.3) is 0 Å². The molecule has 1 aromatic rings. The summed E-state index contributed by atoms with van der Waals surface area (Å²) in [5, 5.41) is 3.49. The van der Waals surface area contributed by atoms with Gasteiger partial charge >= 0.3 is 0 Å². The van der Waals surface area contributed by atoms with Gasteiger partial charge in [0.05, 0.1) is 0 Å². The normalized spacial score (nSPS) is 14.8. The van der Waals surface area contributed by atoms with E-state index in [1.807, 2.05) is 12.1 Å². The van der Waals surface area contributed by atoms with Gasteiger partial charge in [-0.1, -0.05) is 32.9 Å². The Morgan fingerprint density at radius 2 is 1.75 bits per heavy atom. The Kier molecular flexibility index (Phi) is 7.17. The van der Waals surface area contributed by atoms with Crippen LogP contribution >= 0.6 is 0 Å². The standard InChI is InChI=1S/C17H29FN2/c1-6-19-17(15-7-9-16(18)10-8-15)11-12-20(5)14(4)13(2)3/h7-10,13-14,17,19H,6,11-12H2,1-5H3. The zero-order valence-corrected chi connectivity index (χ0v) is 13.5. The molecule has 1 N–H and O–H groups in total. The van der Waals surface area contributed by atoms with Crippen molar-refractivity contribution in [2.45, 2.75) is 46.2 Å². The zero-order valence-electron chi connectivity index (χ0n) is 13.5. The Morgan fingerprint density at radius 3 is 2.25 bits per heavy atom. The van der Waals surface area contributed by atoms with E-state index in [1.54, 1.807) is 12.1 Å². The topological polar surface area (TPSA) is 15.3 Å². The van der Waals surface area contributed by atoms with Gasteiger partial charge in [0.2, 0.25) is 0 Å². The van der Waals surface area contributed by atoms with E-state index in [9.17, 15) is 4.39 Å². The summed E-state index contributed by atoms with van der Waals surface area (Å²) in [6.45, 7) is 10.8. The molecule has 1 aromatic carbocycles. The number of nitrogens with one attached hydrogen (secondary N) is 1. The van der Waals surface area contributed by atoms with E-state index < -0.39 is 0 Å². The van der Waals surface area contributed by atoms with Crippen LogP contribution in [0.3, 0.4) is 0 Å². The van der Waals surface area contributed by atoms with Crippen molar-refractivity contribution in [1.82, 2.24) is 10.2 Å². The van der Waals surface area contributed by atoms with Gasteiger partial charge in [0.15, 0.2) is 0 Å². The van der Waals surface area contributed by atoms with E-state index in [2.05, 4.69) is 45.0 Å². The van der Waals surface area contributed by atoms with Crippen LogP contribution in [0.15, 0.2) is 24.3 Å². The highest BCUT2D eigenvalue weighted by atomic mass is 19.1. The second-order valence-electron chi connectivity index (χ2n) is 5.92. The molecule has 0 spiro atoms. The van der Waals surface area contributed by atoms with E-state index in [4.69, 9.17) is 0 Å². The van der Waals surface area contributed by atoms with Crippen molar-refractivity contribution in [2.75, 3.05) is 20.1 Å². The molecule has 0 radical (unpaired) electrons. The number of rotatable bonds is 8. The fourth-order valence-electron chi connectivity index (χ4n) is 2.37. The van der Waals surface area contributed by atoms with Crippen molar-refractivity contribution >= 4 is 0 Å². The van der Waals surface area contributed by atoms with E-state index >= 15 is 0 Å². The lowest BCUT2D eigenvalue weighted by Gasteiger charge is -2.29. The highest BCUT2D eigenvalue weighted by Gasteiger charge is 2.16. The van der Waals surface area contributed by atoms with Gasteiger partial charge in [-0.15, -0.1) is 0 Å². The molecule has 0 aliphatic rings. The molecule has 2 atom stereocenters. The van der Waals surface area contributed by atoms with Gasteiger partial charge in [-0.3, -0.25) is 0 Å². The first-order valence-electron chi connectivity index (χ1n) is 7.64. The van der Waals surface area contributed by atoms with Gasteiger partial charge in [-0.05, 0) is 57.1 Å². The third-order valence-corrected chi connectivity index (χ3v) is 4.15. The lowest BCUT2D eigenvalue weighted by Crippen LogP contribution is -2.35. The molecule has 1 rings (SSSR count). The molecule has 114 valence electrons. The van der Waals surface area contributed by atoms with Crippen molar-refractivity contribution in [2.24, 2.45) is 5.92 Å². The molecular formula is C17H29FN2. The van der Waals surface area contributed by atoms with Crippen LogP contribution in [0.4, 0.5) is 4.39 Å². The molecule has 0 aliphatic heterocycles. The first-order valence-corrected chi connectivity index (χ1v) is 7.64. The molecule has 3 heteroatoms. The predicted molar refractivity (Wildman–Crippen MR) is 84.4 cm³/mol. The van der Waals surface area contributed by atoms with Crippen molar-refractivity contribution < 1.29 is 4.39 Å². The summed E-state index contributed by atoms with van der Waals surface area (Å²) in [5.74, 6) is 0.484. The largest absolute Gasteiger partial charge is 0.310 e. The Labute approximate surface area is 123 Å². The van der Waals surface area contributed by atoms with Crippen LogP contribution in [-0.4, -0.2) is 31.1 Å². The summed E-state index contributed by atoms with van der Waals surface area (Å²) in [5.41, 5.74) is 1.17. The van der Waals surface area contributed by atoms with Gasteiger partial charge in [0.25, 0.3) is 0 Å². The molecule has 0 bridgehead atoms. The van der Waals surface area contributed by atoms with Crippen molar-refractivity contribution in [3.8, 4) is 0 Å². The zero-order chi connectivity index (χ0) is 15.1. The molecular weight excluding hydrogens is 251 g/mol. The maximum Gasteiger partial charge on any atom is 0.123 e. The summed E-state index contributed by atoms with van der Waals surface area (Å²) in [6.07, 6.45) is 1.03. The highest BCUT2D eigenvalue weighted by molar-refractivity contribution is 5.19. The molecule has 2 unspecified atom stereocenters. The molecule has 0 aromatic heterocycles. The van der Waals surface area contributed by atoms with Crippen molar-refractivity contribution in [1.29, 1.82) is 0 Å². The first-order chi connectivity index (χ1) is 9.45. The van der Waals surface area contributed by atoms with Crippen molar-refractivity contribution in [3.05, 3.63) is 35.6 Å². The minimum atomic E-state index is -0.172. The predicted octanol–water partition coefficient (Wildman–Crippen LogP) is 3.84. The Morgan fingerprint density at radius 1 is 1.15 bits per heavy atom. The Bertz CT molecular complexity index is 375. The van der Waals surface area contributed by atoms with Crippen LogP contribution in [0.2, 0.25) is 0 Å². The minimum absolute atomic E-state index is 0.172. The number of hydrogen-bond acceptors (Lipinski definition) is 2. The van der Waals surface area contributed by atoms with Gasteiger partial charge < -0.3 is 10.2 Å². The Hall–Kier alpha value is -0.930. The first kappa shape index (κ1) is 17.1. The molecule has 0 amide bonds. The second-order valence-corrected chi connectivity index (χ2v) is 5.92. The second kappa shape index (κ2) is 8.38. The fraction of sp³-hybridized carbons (Fsp3) is 0.647. The van der Waals surface area contributed by atoms with E-state index in [0.717, 1.165) is 19.5 Å². The van der Waals surface area contributed by atoms with Crippen LogP contribution in [0.1, 0.15) is 45.7 Å². The number of benzene rings is 1. The molecule has 0 heterocycles. The van der Waals surface area contributed by atoms with Gasteiger partial charge in [-0.2, -0.15) is 0 Å². The molecule has 0 saturated carbocycles. The van der Waals surface area contributed by atoms with Crippen molar-refractivity contribution in [3.63, 3.8) is 0 Å². The minimum Gasteiger partial charge on any atom is -0.310 e. The quantitative estimate of drug-likeness (QED) is 0.778. The van der Waals surface area contributed by atoms with Crippen LogP contribution < -0.4 is 5.32 Å². The summed E-state index contributed by atoms with van der Waals surface area (Å²) in [4.78, 5) is 2.40. The SMILES string of the molecule is CCNC(CCN(C)C(C)C(C)C)c1ccc(F)cc1. The van der Waals surface area contributed by atoms with Gasteiger partial charge in [0.1, 0.15) is 5.82 Å². The molecule has 0 aliphatic carbocycles. The van der Waals surface area contributed by atoms with E-state index in [-0.39, 0.29) is 5.82 Å². The maximum absolute atomic E-state index is 13.0. The maximum atomic E-state index is 13.0. The fourth-order valence-corrected chi connectivity index (χ4v) is 2.37.